The quantitative estimate of drug-likeness (QED) is 0.0144. The van der Waals surface area contributed by atoms with E-state index in [1.807, 2.05) is 81.4 Å². The molecule has 0 bridgehead atoms. The second-order valence-electron chi connectivity index (χ2n) is 16.9. The Bertz CT molecular complexity index is 2760. The summed E-state index contributed by atoms with van der Waals surface area (Å²) in [6.07, 6.45) is 12.9. The predicted molar refractivity (Wildman–Crippen MR) is 273 cm³/mol. The summed E-state index contributed by atoms with van der Waals surface area (Å²) in [5.74, 6) is 0.526. The molecule has 0 aliphatic carbocycles. The Morgan fingerprint density at radius 3 is 1.70 bits per heavy atom. The van der Waals surface area contributed by atoms with Crippen molar-refractivity contribution in [2.45, 2.75) is 122 Å². The van der Waals surface area contributed by atoms with Gasteiger partial charge in [-0.3, -0.25) is 21.7 Å². The molecule has 0 spiro atoms. The summed E-state index contributed by atoms with van der Waals surface area (Å²) in [7, 11) is -3.72. The summed E-state index contributed by atoms with van der Waals surface area (Å²) in [4.78, 5) is 64.3. The SMILES string of the molecule is CCCCCCCCCCCCS(=O)(=O)c1nc(NNC(=O)NC(CC=O)c2ccc(C)cc2)c2ccccc2n1.Cc1ccc(C(CC=O)NC(=O)NNc2nc(Cl)nc3ccccc23)c(C)c1. The molecule has 2 unspecified atom stereocenters. The number of fused-ring (bicyclic) bond motifs is 2. The number of carbonyl (C=O) groups is 4. The van der Waals surface area contributed by atoms with Crippen LogP contribution in [0.25, 0.3) is 21.8 Å². The molecule has 0 saturated heterocycles. The van der Waals surface area contributed by atoms with E-state index >= 15 is 0 Å². The van der Waals surface area contributed by atoms with Crippen molar-refractivity contribution in [2.24, 2.45) is 0 Å². The molecule has 6 aromatic rings. The highest BCUT2D eigenvalue weighted by molar-refractivity contribution is 7.91. The van der Waals surface area contributed by atoms with Gasteiger partial charge in [0.1, 0.15) is 12.6 Å². The van der Waals surface area contributed by atoms with Gasteiger partial charge in [0, 0.05) is 23.6 Å². The maximum atomic E-state index is 13.1. The molecule has 2 aromatic heterocycles. The van der Waals surface area contributed by atoms with Crippen molar-refractivity contribution >= 4 is 79.5 Å². The monoisotopic (exact) mass is 978 g/mol. The van der Waals surface area contributed by atoms with Crippen LogP contribution >= 0.6 is 11.6 Å². The van der Waals surface area contributed by atoms with Crippen LogP contribution in [0.5, 0.6) is 0 Å². The highest BCUT2D eigenvalue weighted by Gasteiger charge is 2.22. The molecular weight excluding hydrogens is 916 g/mol. The Labute approximate surface area is 409 Å². The van der Waals surface area contributed by atoms with Gasteiger partial charge in [0.15, 0.2) is 11.6 Å². The van der Waals surface area contributed by atoms with E-state index in [0.717, 1.165) is 59.7 Å². The summed E-state index contributed by atoms with van der Waals surface area (Å²) < 4.78 is 26.2. The summed E-state index contributed by atoms with van der Waals surface area (Å²) in [6.45, 7) is 8.12. The maximum Gasteiger partial charge on any atom is 0.333 e. The number of nitrogens with one attached hydrogen (secondary N) is 6. The smallest absolute Gasteiger partial charge is 0.329 e. The van der Waals surface area contributed by atoms with E-state index in [1.165, 1.54) is 38.5 Å². The number of carbonyl (C=O) groups excluding carboxylic acids is 4. The highest BCUT2D eigenvalue weighted by Crippen LogP contribution is 2.25. The minimum absolute atomic E-state index is 0.0287. The van der Waals surface area contributed by atoms with Crippen molar-refractivity contribution in [3.05, 3.63) is 124 Å². The van der Waals surface area contributed by atoms with Gasteiger partial charge in [0.05, 0.1) is 28.9 Å². The standard InChI is InChI=1S/C31H43N5O4S.C20H20ClN5O2/c1-3-4-5-6-7-8-9-10-11-14-23-41(39,40)31-33-28-16-13-12-15-26(28)29(34-31)35-36-30(38)32-27(21-22-37)25-19-17-24(2)18-20-25;1-12-7-8-14(13(2)11-12)17(9-10-27)23-20(28)26-25-18-15-5-3-4-6-16(15)22-19(21)24-18/h12-13,15-20,22,27H,3-11,14,21,23H2,1-2H3,(H2,32,36,38)(H,33,34,35);3-8,10-11,17H,9H2,1-2H3,(H,22,24,25)(H2,23,26,28). The van der Waals surface area contributed by atoms with Gasteiger partial charge in [0.2, 0.25) is 20.3 Å². The molecule has 4 amide bonds. The molecule has 2 heterocycles. The summed E-state index contributed by atoms with van der Waals surface area (Å²) in [5.41, 5.74) is 16.6. The molecule has 6 rings (SSSR count). The highest BCUT2D eigenvalue weighted by atomic mass is 35.5. The Morgan fingerprint density at radius 2 is 1.12 bits per heavy atom. The molecular formula is C51H63ClN10O6S. The summed E-state index contributed by atoms with van der Waals surface area (Å²) in [6, 6.07) is 25.7. The average Bonchev–Trinajstić information content (AvgIpc) is 3.33. The number of aryl methyl sites for hydroxylation is 3. The van der Waals surface area contributed by atoms with Gasteiger partial charge in [-0.1, -0.05) is 143 Å². The van der Waals surface area contributed by atoms with Gasteiger partial charge in [0.25, 0.3) is 0 Å². The van der Waals surface area contributed by atoms with Gasteiger partial charge in [-0.25, -0.2) is 28.0 Å². The van der Waals surface area contributed by atoms with E-state index in [9.17, 15) is 27.6 Å². The van der Waals surface area contributed by atoms with Crippen LogP contribution in [0.4, 0.5) is 21.2 Å². The number of aromatic nitrogens is 4. The number of unbranched alkanes of at least 4 members (excludes halogenated alkanes) is 9. The lowest BCUT2D eigenvalue weighted by molar-refractivity contribution is -0.109. The Morgan fingerprint density at radius 1 is 0.609 bits per heavy atom. The number of hydrogen-bond acceptors (Lipinski definition) is 12. The number of anilines is 2. The van der Waals surface area contributed by atoms with E-state index in [2.05, 4.69) is 59.2 Å². The van der Waals surface area contributed by atoms with Crippen molar-refractivity contribution in [3.8, 4) is 0 Å². The first kappa shape index (κ1) is 53.2. The zero-order valence-electron chi connectivity index (χ0n) is 39.7. The normalized spacial score (nSPS) is 12.0. The largest absolute Gasteiger partial charge is 0.333 e. The number of nitrogens with zero attached hydrogens (tertiary/aromatic N) is 4. The van der Waals surface area contributed by atoms with E-state index < -0.39 is 34.0 Å². The Hall–Kier alpha value is -6.72. The van der Waals surface area contributed by atoms with Gasteiger partial charge < -0.3 is 20.2 Å². The van der Waals surface area contributed by atoms with Crippen LogP contribution in [-0.2, 0) is 19.4 Å². The molecule has 0 radical (unpaired) electrons. The van der Waals surface area contributed by atoms with E-state index in [4.69, 9.17) is 11.6 Å². The zero-order chi connectivity index (χ0) is 49.6. The molecule has 0 aliphatic rings. The van der Waals surface area contributed by atoms with Crippen LogP contribution in [0, 0.1) is 20.8 Å². The molecule has 366 valence electrons. The molecule has 18 heteroatoms. The van der Waals surface area contributed by atoms with Gasteiger partial charge in [-0.05, 0) is 79.7 Å². The first-order valence-corrected chi connectivity index (χ1v) is 25.4. The van der Waals surface area contributed by atoms with Crippen molar-refractivity contribution in [1.82, 2.24) is 41.4 Å². The van der Waals surface area contributed by atoms with Crippen molar-refractivity contribution in [2.75, 3.05) is 16.6 Å². The first-order chi connectivity index (χ1) is 33.3. The van der Waals surface area contributed by atoms with Crippen molar-refractivity contribution in [1.29, 1.82) is 0 Å². The molecule has 6 N–H and O–H groups in total. The first-order valence-electron chi connectivity index (χ1n) is 23.4. The fraction of sp³-hybridized carbons (Fsp3) is 0.373. The number of para-hydroxylation sites is 2. The maximum absolute atomic E-state index is 13.1. The molecule has 69 heavy (non-hydrogen) atoms. The number of hydrogen-bond donors (Lipinski definition) is 6. The fourth-order valence-electron chi connectivity index (χ4n) is 7.67. The number of aldehydes is 2. The third-order valence-corrected chi connectivity index (χ3v) is 13.1. The van der Waals surface area contributed by atoms with E-state index in [1.54, 1.807) is 30.3 Å². The van der Waals surface area contributed by atoms with Crippen LogP contribution < -0.4 is 32.3 Å². The van der Waals surface area contributed by atoms with Gasteiger partial charge >= 0.3 is 12.1 Å². The third kappa shape index (κ3) is 16.8. The van der Waals surface area contributed by atoms with Crippen molar-refractivity contribution in [3.63, 3.8) is 0 Å². The van der Waals surface area contributed by atoms with E-state index in [0.29, 0.717) is 34.0 Å². The van der Waals surface area contributed by atoms with Crippen LogP contribution in [-0.4, -0.2) is 58.7 Å². The molecule has 4 aromatic carbocycles. The number of urea groups is 2. The molecule has 0 saturated carbocycles. The third-order valence-electron chi connectivity index (χ3n) is 11.3. The van der Waals surface area contributed by atoms with Gasteiger partial charge in [-0.15, -0.1) is 0 Å². The summed E-state index contributed by atoms with van der Waals surface area (Å²) >= 11 is 5.95. The molecule has 0 aliphatic heterocycles. The number of sulfone groups is 1. The van der Waals surface area contributed by atoms with Crippen LogP contribution in [0.1, 0.15) is 124 Å². The second-order valence-corrected chi connectivity index (χ2v) is 19.2. The predicted octanol–water partition coefficient (Wildman–Crippen LogP) is 10.4. The Kier molecular flexibility index (Phi) is 21.1. The number of hydrazine groups is 2. The number of benzene rings is 4. The van der Waals surface area contributed by atoms with Gasteiger partial charge in [-0.2, -0.15) is 9.97 Å². The summed E-state index contributed by atoms with van der Waals surface area (Å²) in [5, 5.41) is 6.66. The molecule has 16 nitrogen and oxygen atoms in total. The lowest BCUT2D eigenvalue weighted by atomic mass is 9.97. The van der Waals surface area contributed by atoms with Crippen LogP contribution in [0.15, 0.2) is 96.2 Å². The van der Waals surface area contributed by atoms with E-state index in [-0.39, 0.29) is 34.9 Å². The van der Waals surface area contributed by atoms with Crippen LogP contribution in [0.2, 0.25) is 5.28 Å². The minimum Gasteiger partial charge on any atom is -0.329 e. The average molecular weight is 980 g/mol. The lowest BCUT2D eigenvalue weighted by Crippen LogP contribution is -2.41. The Balaban J connectivity index is 0.000000276. The fourth-order valence-corrected chi connectivity index (χ4v) is 9.08. The minimum atomic E-state index is -3.72. The topological polar surface area (TPSA) is 226 Å². The number of rotatable bonds is 24. The number of amides is 4. The number of halogens is 1. The molecule has 2 atom stereocenters. The lowest BCUT2D eigenvalue weighted by Gasteiger charge is -2.20. The zero-order valence-corrected chi connectivity index (χ0v) is 41.3. The second kappa shape index (κ2) is 27.3. The van der Waals surface area contributed by atoms with Crippen LogP contribution in [0.3, 0.4) is 0 Å². The van der Waals surface area contributed by atoms with Crippen molar-refractivity contribution < 1.29 is 27.6 Å². The molecule has 0 fully saturated rings.